The number of hydrogen-bond donors (Lipinski definition) is 0. The smallest absolute Gasteiger partial charge is 0.137 e. The van der Waals surface area contributed by atoms with Gasteiger partial charge < -0.3 is 14.2 Å². The highest BCUT2D eigenvalue weighted by atomic mass is 32.2. The molecule has 15 aromatic carbocycles. The molecule has 0 fully saturated rings. The van der Waals surface area contributed by atoms with E-state index < -0.39 is 0 Å². The van der Waals surface area contributed by atoms with Gasteiger partial charge in [-0.1, -0.05) is 224 Å². The summed E-state index contributed by atoms with van der Waals surface area (Å²) in [7, 11) is 0. The maximum atomic E-state index is 6.65. The predicted molar refractivity (Wildman–Crippen MR) is 424 cm³/mol. The van der Waals surface area contributed by atoms with Crippen LogP contribution in [0, 0.1) is 0 Å². The average molecular weight is 1310 g/mol. The summed E-state index contributed by atoms with van der Waals surface area (Å²) in [5.74, 6) is 0.929. The second-order valence-corrected chi connectivity index (χ2v) is 28.6. The summed E-state index contributed by atoms with van der Waals surface area (Å²) in [6, 6.07) is 117. The Kier molecular flexibility index (Phi) is 14.4. The molecule has 4 heterocycles. The van der Waals surface area contributed by atoms with Crippen molar-refractivity contribution < 1.29 is 4.42 Å². The average Bonchev–Trinajstić information content (AvgIpc) is 0.817. The molecule has 1 aliphatic rings. The third kappa shape index (κ3) is 10.3. The molecular weight excluding hydrogens is 1250 g/mol. The van der Waals surface area contributed by atoms with Gasteiger partial charge in [-0.2, -0.15) is 0 Å². The van der Waals surface area contributed by atoms with Gasteiger partial charge in [0, 0.05) is 102 Å². The minimum atomic E-state index is 0.849. The summed E-state index contributed by atoms with van der Waals surface area (Å²) in [5.41, 5.74) is 21.2. The molecule has 462 valence electrons. The van der Waals surface area contributed by atoms with Crippen LogP contribution in [0.2, 0.25) is 0 Å². The quantitative estimate of drug-likeness (QED) is 0.129. The minimum absolute atomic E-state index is 0.849. The molecule has 0 unspecified atom stereocenters. The number of fused-ring (bicyclic) bond motifs is 12. The van der Waals surface area contributed by atoms with Gasteiger partial charge in [-0.25, -0.2) is 0 Å². The molecule has 3 aromatic heterocycles. The number of nitrogens with zero attached hydrogens (tertiary/aromatic N) is 2. The van der Waals surface area contributed by atoms with Crippen LogP contribution in [0.3, 0.4) is 0 Å². The molecule has 0 amide bonds. The highest BCUT2D eigenvalue weighted by molar-refractivity contribution is 7.99. The Morgan fingerprint density at radius 3 is 1.53 bits per heavy atom. The number of para-hydroxylation sites is 1. The van der Waals surface area contributed by atoms with Gasteiger partial charge in [0.05, 0.1) is 11.4 Å². The molecule has 18 aromatic rings. The number of benzene rings is 15. The zero-order chi connectivity index (χ0) is 64.6. The Balaban J connectivity index is 0.734. The fourth-order valence-corrected chi connectivity index (χ4v) is 18.0. The highest BCUT2D eigenvalue weighted by Crippen LogP contribution is 2.51. The van der Waals surface area contributed by atoms with Gasteiger partial charge in [0.2, 0.25) is 0 Å². The van der Waals surface area contributed by atoms with E-state index in [0.29, 0.717) is 0 Å². The number of anilines is 6. The Bertz CT molecular complexity index is 6250. The van der Waals surface area contributed by atoms with Crippen LogP contribution in [-0.2, 0) is 6.42 Å². The molecule has 0 saturated carbocycles. The Hall–Kier alpha value is -11.5. The summed E-state index contributed by atoms with van der Waals surface area (Å²) in [6.45, 7) is 0. The van der Waals surface area contributed by atoms with E-state index in [4.69, 9.17) is 4.42 Å². The third-order valence-electron chi connectivity index (χ3n) is 19.6. The summed E-state index contributed by atoms with van der Waals surface area (Å²) in [4.78, 5) is 6.25. The van der Waals surface area contributed by atoms with Crippen molar-refractivity contribution in [3.8, 4) is 55.6 Å². The van der Waals surface area contributed by atoms with Gasteiger partial charge >= 0.3 is 0 Å². The second-order valence-electron chi connectivity index (χ2n) is 25.4. The summed E-state index contributed by atoms with van der Waals surface area (Å²) in [6.07, 6.45) is 9.77. The van der Waals surface area contributed by atoms with E-state index in [-0.39, 0.29) is 0 Å². The van der Waals surface area contributed by atoms with E-state index in [1.54, 1.807) is 0 Å². The van der Waals surface area contributed by atoms with Crippen LogP contribution in [0.5, 0.6) is 0 Å². The van der Waals surface area contributed by atoms with Crippen LogP contribution < -0.4 is 9.80 Å². The molecule has 0 saturated heterocycles. The maximum Gasteiger partial charge on any atom is 0.137 e. The first kappa shape index (κ1) is 57.9. The van der Waals surface area contributed by atoms with E-state index in [9.17, 15) is 0 Å². The number of allylic oxidation sites excluding steroid dienone is 3. The molecule has 1 aliphatic heterocycles. The van der Waals surface area contributed by atoms with E-state index in [1.165, 1.54) is 106 Å². The summed E-state index contributed by atoms with van der Waals surface area (Å²) in [5, 5.41) is 12.1. The Morgan fingerprint density at radius 2 is 0.776 bits per heavy atom. The van der Waals surface area contributed by atoms with Gasteiger partial charge in [-0.05, 0) is 187 Å². The van der Waals surface area contributed by atoms with Crippen LogP contribution in [0.1, 0.15) is 5.56 Å². The number of thiophene rings is 2. The molecule has 19 rings (SSSR count). The third-order valence-corrected chi connectivity index (χ3v) is 22.9. The fourth-order valence-electron chi connectivity index (χ4n) is 14.9. The van der Waals surface area contributed by atoms with Gasteiger partial charge in [0.1, 0.15) is 11.2 Å². The van der Waals surface area contributed by atoms with Gasteiger partial charge in [-0.3, -0.25) is 0 Å². The number of thioether (sulfide) groups is 1. The van der Waals surface area contributed by atoms with Crippen molar-refractivity contribution in [1.29, 1.82) is 0 Å². The van der Waals surface area contributed by atoms with E-state index >= 15 is 0 Å². The lowest BCUT2D eigenvalue weighted by molar-refractivity contribution is 0.669. The first-order valence-electron chi connectivity index (χ1n) is 33.4. The lowest BCUT2D eigenvalue weighted by Crippen LogP contribution is -2.11. The molecule has 98 heavy (non-hydrogen) atoms. The van der Waals surface area contributed by atoms with Crippen LogP contribution in [0.25, 0.3) is 139 Å². The second kappa shape index (κ2) is 24.3. The topological polar surface area (TPSA) is 19.6 Å². The SMILES string of the molecule is C1=CCSc2ccc(-c3c(N(c4cccc(-c5ccccc5)c4)c4ccc5c(c4)sc4ccccc45)ccc4cc(-c5ccc(-c6cccc(N(c7ccc8c(c7)oc7ccccc78)c7ccc8ccccc8c7-c7ccc8sc9ccccc9c8c7)c6)cc5)ccc34)cc2CC=C1. The number of hydrogen-bond acceptors (Lipinski definition) is 6. The van der Waals surface area contributed by atoms with Gasteiger partial charge in [0.15, 0.2) is 0 Å². The van der Waals surface area contributed by atoms with E-state index in [0.717, 1.165) is 90.5 Å². The van der Waals surface area contributed by atoms with Crippen molar-refractivity contribution in [1.82, 2.24) is 0 Å². The molecule has 0 N–H and O–H groups in total. The zero-order valence-electron chi connectivity index (χ0n) is 53.3. The van der Waals surface area contributed by atoms with Crippen molar-refractivity contribution >= 4 is 152 Å². The van der Waals surface area contributed by atoms with Gasteiger partial charge in [-0.15, -0.1) is 34.4 Å². The standard InChI is InChI=1S/C92H60N2OS3/c1-2-15-51-96-86-49-40-68(53-67(86)21-4-1)91-75-44-37-65(52-66(75)39-48-83(91)94(71-25-16-22-63(54-71)59-18-5-3-6-19-59)73-43-46-80-78-28-10-13-31-87(78)98-90(80)58-73)61-35-33-60(34-36-61)64-23-17-24-70(55-64)93(72-42-45-77-76-27-9-12-30-84(76)95-85(77)57-72)82-47-38-62-20-7-8-26-74(62)92(82)69-41-50-89-81(56-69)79-29-11-14-32-88(79)97-89/h1-20,22-50,52-58H,21,51H2. The van der Waals surface area contributed by atoms with Crippen molar-refractivity contribution in [2.24, 2.45) is 0 Å². The molecule has 0 spiro atoms. The fraction of sp³-hybridized carbons (Fsp3) is 0.0217. The van der Waals surface area contributed by atoms with Crippen LogP contribution >= 0.6 is 34.4 Å². The lowest BCUT2D eigenvalue weighted by atomic mass is 9.91. The van der Waals surface area contributed by atoms with E-state index in [2.05, 4.69) is 343 Å². The van der Waals surface area contributed by atoms with Crippen LogP contribution in [0.4, 0.5) is 34.1 Å². The summed E-state index contributed by atoms with van der Waals surface area (Å²) >= 11 is 5.63. The molecular formula is C92H60N2OS3. The predicted octanol–water partition coefficient (Wildman–Crippen LogP) is 27.7. The highest BCUT2D eigenvalue weighted by Gasteiger charge is 2.25. The Morgan fingerprint density at radius 1 is 0.276 bits per heavy atom. The van der Waals surface area contributed by atoms with Crippen LogP contribution in [-0.4, -0.2) is 5.75 Å². The number of rotatable bonds is 11. The maximum absolute atomic E-state index is 6.65. The molecule has 0 radical (unpaired) electrons. The largest absolute Gasteiger partial charge is 0.456 e. The molecule has 6 heteroatoms. The van der Waals surface area contributed by atoms with Crippen molar-refractivity contribution in [2.45, 2.75) is 11.3 Å². The van der Waals surface area contributed by atoms with Gasteiger partial charge in [0.25, 0.3) is 0 Å². The van der Waals surface area contributed by atoms with Crippen LogP contribution in [0.15, 0.2) is 349 Å². The van der Waals surface area contributed by atoms with Crippen molar-refractivity contribution in [3.63, 3.8) is 0 Å². The lowest BCUT2D eigenvalue weighted by Gasteiger charge is -2.29. The van der Waals surface area contributed by atoms with Crippen molar-refractivity contribution in [3.05, 3.63) is 345 Å². The first-order valence-corrected chi connectivity index (χ1v) is 36.0. The molecule has 3 nitrogen and oxygen atoms in total. The van der Waals surface area contributed by atoms with E-state index in [1.807, 2.05) is 40.5 Å². The van der Waals surface area contributed by atoms with Crippen molar-refractivity contribution in [2.75, 3.05) is 15.6 Å². The Labute approximate surface area is 580 Å². The zero-order valence-corrected chi connectivity index (χ0v) is 55.7. The number of furan rings is 1. The molecule has 0 bridgehead atoms. The normalized spacial score (nSPS) is 12.5. The molecule has 0 aliphatic carbocycles. The monoisotopic (exact) mass is 1300 g/mol. The minimum Gasteiger partial charge on any atom is -0.456 e. The molecule has 0 atom stereocenters. The first-order chi connectivity index (χ1) is 48.5. The summed E-state index contributed by atoms with van der Waals surface area (Å²) < 4.78 is 11.8.